The molecule has 1 fully saturated rings. The summed E-state index contributed by atoms with van der Waals surface area (Å²) >= 11 is 0. The van der Waals surface area contributed by atoms with Crippen LogP contribution in [0.15, 0.2) is 24.3 Å². The molecule has 3 rings (SSSR count). The molecule has 1 unspecified atom stereocenters. The Labute approximate surface area is 109 Å². The molecule has 2 aliphatic rings. The van der Waals surface area contributed by atoms with Crippen molar-refractivity contribution in [2.45, 2.75) is 39.2 Å². The first kappa shape index (κ1) is 12.2. The minimum atomic E-state index is 0.188. The average molecular weight is 245 g/mol. The highest BCUT2D eigenvalue weighted by Crippen LogP contribution is 2.48. The van der Waals surface area contributed by atoms with Gasteiger partial charge in [0.25, 0.3) is 0 Å². The van der Waals surface area contributed by atoms with E-state index in [4.69, 9.17) is 0 Å². The van der Waals surface area contributed by atoms with Crippen LogP contribution in [0.5, 0.6) is 0 Å². The van der Waals surface area contributed by atoms with Crippen LogP contribution in [0.4, 0.5) is 0 Å². The summed E-state index contributed by atoms with van der Waals surface area (Å²) in [6, 6.07) is 9.19. The Hall–Kier alpha value is -0.860. The van der Waals surface area contributed by atoms with Crippen LogP contribution in [0.2, 0.25) is 0 Å². The quantitative estimate of drug-likeness (QED) is 0.855. The molecule has 0 saturated heterocycles. The highest BCUT2D eigenvalue weighted by atomic mass is 16.3. The summed E-state index contributed by atoms with van der Waals surface area (Å²) in [5, 5.41) is 13.1. The zero-order valence-corrected chi connectivity index (χ0v) is 11.4. The van der Waals surface area contributed by atoms with Crippen molar-refractivity contribution in [3.63, 3.8) is 0 Å². The molecule has 2 heteroatoms. The highest BCUT2D eigenvalue weighted by molar-refractivity contribution is 5.37. The number of aliphatic hydroxyl groups excluding tert-OH is 1. The van der Waals surface area contributed by atoms with Crippen LogP contribution in [0.25, 0.3) is 0 Å². The number of nitrogens with one attached hydrogen (secondary N) is 1. The summed E-state index contributed by atoms with van der Waals surface area (Å²) in [5.74, 6) is 0. The number of fused-ring (bicyclic) bond motifs is 1. The molecule has 18 heavy (non-hydrogen) atoms. The van der Waals surface area contributed by atoms with Gasteiger partial charge in [-0.25, -0.2) is 0 Å². The maximum atomic E-state index is 9.42. The second-order valence-corrected chi connectivity index (χ2v) is 6.84. The monoisotopic (exact) mass is 245 g/mol. The molecule has 1 saturated carbocycles. The van der Waals surface area contributed by atoms with Crippen molar-refractivity contribution in [1.29, 1.82) is 0 Å². The lowest BCUT2D eigenvalue weighted by molar-refractivity contribution is 0.187. The fourth-order valence-electron chi connectivity index (χ4n) is 3.26. The molecule has 0 aromatic heterocycles. The molecule has 2 N–H and O–H groups in total. The molecular weight excluding hydrogens is 222 g/mol. The molecule has 1 aromatic carbocycles. The highest BCUT2D eigenvalue weighted by Gasteiger charge is 2.44. The number of hydrogen-bond acceptors (Lipinski definition) is 2. The molecule has 1 aromatic rings. The minimum absolute atomic E-state index is 0.188. The van der Waals surface area contributed by atoms with Gasteiger partial charge in [0.1, 0.15) is 0 Å². The lowest BCUT2D eigenvalue weighted by atomic mass is 9.85. The van der Waals surface area contributed by atoms with Gasteiger partial charge in [0.05, 0.1) is 0 Å². The largest absolute Gasteiger partial charge is 0.396 e. The van der Waals surface area contributed by atoms with Gasteiger partial charge in [0.2, 0.25) is 0 Å². The number of hydrogen-bond donors (Lipinski definition) is 2. The van der Waals surface area contributed by atoms with Gasteiger partial charge in [-0.1, -0.05) is 38.1 Å². The summed E-state index contributed by atoms with van der Waals surface area (Å²) in [5.41, 5.74) is 3.40. The van der Waals surface area contributed by atoms with E-state index in [-0.39, 0.29) is 10.8 Å². The first-order chi connectivity index (χ1) is 8.56. The van der Waals surface area contributed by atoms with Crippen LogP contribution in [-0.4, -0.2) is 18.3 Å². The third kappa shape index (κ3) is 1.98. The van der Waals surface area contributed by atoms with E-state index in [1.54, 1.807) is 0 Å². The third-order valence-corrected chi connectivity index (χ3v) is 4.77. The number of benzene rings is 1. The van der Waals surface area contributed by atoms with E-state index in [0.717, 1.165) is 13.0 Å². The van der Waals surface area contributed by atoms with Gasteiger partial charge in [0, 0.05) is 24.6 Å². The standard InChI is InChI=1S/C16H23NO/c1-15(2)9-12-5-3-4-6-13(12)14(15)17-10-16(11-18)7-8-16/h3-6,14,17-18H,7-11H2,1-2H3. The predicted octanol–water partition coefficient (Wildman–Crippen LogP) is 2.67. The van der Waals surface area contributed by atoms with Crippen LogP contribution < -0.4 is 5.32 Å². The second kappa shape index (κ2) is 4.07. The van der Waals surface area contributed by atoms with Crippen LogP contribution in [0.3, 0.4) is 0 Å². The van der Waals surface area contributed by atoms with Crippen LogP contribution in [0.1, 0.15) is 43.9 Å². The van der Waals surface area contributed by atoms with Gasteiger partial charge in [0.15, 0.2) is 0 Å². The minimum Gasteiger partial charge on any atom is -0.396 e. The number of rotatable bonds is 4. The van der Waals surface area contributed by atoms with E-state index in [2.05, 4.69) is 43.4 Å². The fraction of sp³-hybridized carbons (Fsp3) is 0.625. The lowest BCUT2D eigenvalue weighted by Crippen LogP contribution is -2.36. The number of aliphatic hydroxyl groups is 1. The predicted molar refractivity (Wildman–Crippen MR) is 73.4 cm³/mol. The Morgan fingerprint density at radius 3 is 2.67 bits per heavy atom. The van der Waals surface area contributed by atoms with Gasteiger partial charge in [-0.05, 0) is 35.8 Å². The molecular formula is C16H23NO. The smallest absolute Gasteiger partial charge is 0.0499 e. The molecule has 0 spiro atoms. The van der Waals surface area contributed by atoms with Crippen molar-refractivity contribution in [2.75, 3.05) is 13.2 Å². The molecule has 0 radical (unpaired) electrons. The van der Waals surface area contributed by atoms with Gasteiger partial charge in [-0.15, -0.1) is 0 Å². The topological polar surface area (TPSA) is 32.3 Å². The molecule has 0 heterocycles. The van der Waals surface area contributed by atoms with Crippen LogP contribution in [0, 0.1) is 10.8 Å². The van der Waals surface area contributed by atoms with Gasteiger partial charge >= 0.3 is 0 Å². The lowest BCUT2D eigenvalue weighted by Gasteiger charge is -2.30. The van der Waals surface area contributed by atoms with E-state index in [1.165, 1.54) is 24.0 Å². The van der Waals surface area contributed by atoms with Gasteiger partial charge < -0.3 is 10.4 Å². The Bertz CT molecular complexity index is 448. The molecule has 2 nitrogen and oxygen atoms in total. The van der Waals surface area contributed by atoms with Crippen molar-refractivity contribution in [3.05, 3.63) is 35.4 Å². The summed E-state index contributed by atoms with van der Waals surface area (Å²) in [6.45, 7) is 5.95. The van der Waals surface area contributed by atoms with Crippen molar-refractivity contribution < 1.29 is 5.11 Å². The zero-order valence-electron chi connectivity index (χ0n) is 11.4. The van der Waals surface area contributed by atoms with Crippen LogP contribution in [-0.2, 0) is 6.42 Å². The van der Waals surface area contributed by atoms with Crippen molar-refractivity contribution in [1.82, 2.24) is 5.32 Å². The molecule has 1 atom stereocenters. The normalized spacial score (nSPS) is 26.9. The Kier molecular flexibility index (Phi) is 2.76. The average Bonchev–Trinajstić information content (AvgIpc) is 3.06. The fourth-order valence-corrected chi connectivity index (χ4v) is 3.26. The summed E-state index contributed by atoms with van der Waals surface area (Å²) in [7, 11) is 0. The maximum absolute atomic E-state index is 9.42. The van der Waals surface area contributed by atoms with E-state index in [9.17, 15) is 5.11 Å². The van der Waals surface area contributed by atoms with E-state index in [0.29, 0.717) is 12.6 Å². The van der Waals surface area contributed by atoms with Crippen molar-refractivity contribution in [2.24, 2.45) is 10.8 Å². The Morgan fingerprint density at radius 1 is 1.28 bits per heavy atom. The van der Waals surface area contributed by atoms with E-state index >= 15 is 0 Å². The van der Waals surface area contributed by atoms with Crippen molar-refractivity contribution >= 4 is 0 Å². The van der Waals surface area contributed by atoms with E-state index in [1.807, 2.05) is 0 Å². The second-order valence-electron chi connectivity index (χ2n) is 6.84. The Morgan fingerprint density at radius 2 is 2.00 bits per heavy atom. The molecule has 98 valence electrons. The summed E-state index contributed by atoms with van der Waals surface area (Å²) < 4.78 is 0. The molecule has 0 aliphatic heterocycles. The first-order valence-electron chi connectivity index (χ1n) is 6.98. The Balaban J connectivity index is 1.77. The SMILES string of the molecule is CC1(C)Cc2ccccc2C1NCC1(CO)CC1. The molecule has 0 amide bonds. The third-order valence-electron chi connectivity index (χ3n) is 4.77. The van der Waals surface area contributed by atoms with Crippen molar-refractivity contribution in [3.8, 4) is 0 Å². The van der Waals surface area contributed by atoms with E-state index < -0.39 is 0 Å². The summed E-state index contributed by atoms with van der Waals surface area (Å²) in [6.07, 6.45) is 3.49. The van der Waals surface area contributed by atoms with Gasteiger partial charge in [-0.2, -0.15) is 0 Å². The summed E-state index contributed by atoms with van der Waals surface area (Å²) in [4.78, 5) is 0. The molecule has 0 bridgehead atoms. The van der Waals surface area contributed by atoms with Gasteiger partial charge in [-0.3, -0.25) is 0 Å². The maximum Gasteiger partial charge on any atom is 0.0499 e. The zero-order chi connectivity index (χ0) is 12.8. The first-order valence-corrected chi connectivity index (χ1v) is 6.98. The van der Waals surface area contributed by atoms with Crippen LogP contribution >= 0.6 is 0 Å². The molecule has 2 aliphatic carbocycles.